The fourth-order valence-electron chi connectivity index (χ4n) is 2.69. The molecule has 3 aromatic rings. The minimum absolute atomic E-state index is 0.00856. The van der Waals surface area contributed by atoms with Crippen molar-refractivity contribution < 1.29 is 9.90 Å². The monoisotopic (exact) mass is 347 g/mol. The molecule has 2 aromatic carbocycles. The number of carbonyl (C=O) groups excluding carboxylic acids is 1. The van der Waals surface area contributed by atoms with Gasteiger partial charge in [0.25, 0.3) is 5.91 Å². The lowest BCUT2D eigenvalue weighted by Crippen LogP contribution is -2.29. The first-order chi connectivity index (χ1) is 12.8. The molecule has 1 atom stereocenters. The Labute approximate surface area is 152 Å². The first-order valence-corrected chi connectivity index (χ1v) is 8.50. The van der Waals surface area contributed by atoms with Crippen molar-refractivity contribution in [2.75, 3.05) is 11.9 Å². The van der Waals surface area contributed by atoms with Gasteiger partial charge in [0.1, 0.15) is 0 Å². The minimum atomic E-state index is -0.219. The minimum Gasteiger partial charge on any atom is -0.396 e. The van der Waals surface area contributed by atoms with Crippen LogP contribution < -0.4 is 10.6 Å². The number of hydrogen-bond acceptors (Lipinski definition) is 4. The van der Waals surface area contributed by atoms with E-state index in [-0.39, 0.29) is 18.6 Å². The molecule has 0 saturated heterocycles. The van der Waals surface area contributed by atoms with Crippen LogP contribution in [0.5, 0.6) is 0 Å². The van der Waals surface area contributed by atoms with Crippen molar-refractivity contribution in [2.45, 2.75) is 12.5 Å². The van der Waals surface area contributed by atoms with Gasteiger partial charge in [-0.15, -0.1) is 0 Å². The molecule has 132 valence electrons. The molecule has 5 heteroatoms. The highest BCUT2D eigenvalue weighted by Gasteiger charge is 2.15. The first kappa shape index (κ1) is 17.6. The number of benzene rings is 2. The number of nitrogens with zero attached hydrogens (tertiary/aromatic N) is 1. The second-order valence-electron chi connectivity index (χ2n) is 5.89. The first-order valence-electron chi connectivity index (χ1n) is 8.50. The number of carbonyl (C=O) groups is 1. The second kappa shape index (κ2) is 8.78. The van der Waals surface area contributed by atoms with Crippen molar-refractivity contribution in [3.63, 3.8) is 0 Å². The van der Waals surface area contributed by atoms with Gasteiger partial charge in [-0.2, -0.15) is 0 Å². The van der Waals surface area contributed by atoms with E-state index in [2.05, 4.69) is 15.6 Å². The number of pyridine rings is 1. The lowest BCUT2D eigenvalue weighted by molar-refractivity contribution is 0.0930. The van der Waals surface area contributed by atoms with Gasteiger partial charge >= 0.3 is 0 Å². The number of nitrogens with one attached hydrogen (secondary N) is 2. The van der Waals surface area contributed by atoms with E-state index in [1.807, 2.05) is 54.6 Å². The van der Waals surface area contributed by atoms with E-state index < -0.39 is 0 Å². The van der Waals surface area contributed by atoms with E-state index in [0.717, 1.165) is 16.9 Å². The molecule has 0 aliphatic rings. The van der Waals surface area contributed by atoms with E-state index in [4.69, 9.17) is 0 Å². The fourth-order valence-corrected chi connectivity index (χ4v) is 2.69. The normalized spacial score (nSPS) is 11.6. The molecule has 3 N–H and O–H groups in total. The summed E-state index contributed by atoms with van der Waals surface area (Å²) in [4.78, 5) is 16.5. The van der Waals surface area contributed by atoms with Gasteiger partial charge < -0.3 is 15.7 Å². The summed E-state index contributed by atoms with van der Waals surface area (Å²) in [5.41, 5.74) is 3.38. The van der Waals surface area contributed by atoms with Crippen LogP contribution in [0.1, 0.15) is 28.4 Å². The Kier molecular flexibility index (Phi) is 5.96. The largest absolute Gasteiger partial charge is 0.396 e. The lowest BCUT2D eigenvalue weighted by Gasteiger charge is -2.18. The topological polar surface area (TPSA) is 74.2 Å². The molecule has 26 heavy (non-hydrogen) atoms. The molecule has 0 fully saturated rings. The Morgan fingerprint density at radius 2 is 1.58 bits per heavy atom. The molecule has 0 aliphatic carbocycles. The molecule has 1 amide bonds. The van der Waals surface area contributed by atoms with Gasteiger partial charge in [0.2, 0.25) is 0 Å². The molecule has 0 bridgehead atoms. The summed E-state index contributed by atoms with van der Waals surface area (Å²) in [7, 11) is 0. The number of anilines is 2. The smallest absolute Gasteiger partial charge is 0.251 e. The SMILES string of the molecule is O=C(NC(CCO)c1ccccc1)c1ccc(Nc2ccncc2)cc1. The average Bonchev–Trinajstić information content (AvgIpc) is 2.69. The highest BCUT2D eigenvalue weighted by molar-refractivity contribution is 5.94. The molecule has 5 nitrogen and oxygen atoms in total. The summed E-state index contributed by atoms with van der Waals surface area (Å²) >= 11 is 0. The summed E-state index contributed by atoms with van der Waals surface area (Å²) < 4.78 is 0. The molecule has 3 rings (SSSR count). The Morgan fingerprint density at radius 3 is 2.23 bits per heavy atom. The number of aliphatic hydroxyl groups excluding tert-OH is 1. The highest BCUT2D eigenvalue weighted by atomic mass is 16.3. The van der Waals surface area contributed by atoms with Crippen LogP contribution in [-0.4, -0.2) is 22.6 Å². The Balaban J connectivity index is 1.67. The zero-order valence-electron chi connectivity index (χ0n) is 14.3. The maximum absolute atomic E-state index is 12.6. The molecule has 0 aliphatic heterocycles. The third-order valence-electron chi connectivity index (χ3n) is 4.04. The van der Waals surface area contributed by atoms with Gasteiger partial charge in [0.05, 0.1) is 6.04 Å². The van der Waals surface area contributed by atoms with Crippen molar-refractivity contribution >= 4 is 17.3 Å². The van der Waals surface area contributed by atoms with Crippen LogP contribution in [-0.2, 0) is 0 Å². The van der Waals surface area contributed by atoms with Gasteiger partial charge in [0, 0.05) is 35.9 Å². The predicted molar refractivity (Wildman–Crippen MR) is 102 cm³/mol. The molecular weight excluding hydrogens is 326 g/mol. The second-order valence-corrected chi connectivity index (χ2v) is 5.89. The summed E-state index contributed by atoms with van der Waals surface area (Å²) in [6.07, 6.45) is 3.90. The number of hydrogen-bond donors (Lipinski definition) is 3. The lowest BCUT2D eigenvalue weighted by atomic mass is 10.0. The molecule has 0 spiro atoms. The number of aromatic nitrogens is 1. The zero-order chi connectivity index (χ0) is 18.2. The van der Waals surface area contributed by atoms with Crippen LogP contribution in [0, 0.1) is 0 Å². The van der Waals surface area contributed by atoms with Crippen LogP contribution in [0.4, 0.5) is 11.4 Å². The predicted octanol–water partition coefficient (Wildman–Crippen LogP) is 3.68. The Bertz CT molecular complexity index is 821. The number of aliphatic hydroxyl groups is 1. The zero-order valence-corrected chi connectivity index (χ0v) is 14.3. The molecular formula is C21H21N3O2. The van der Waals surface area contributed by atoms with E-state index >= 15 is 0 Å². The van der Waals surface area contributed by atoms with Crippen LogP contribution >= 0.6 is 0 Å². The Hall–Kier alpha value is -3.18. The van der Waals surface area contributed by atoms with E-state index in [1.54, 1.807) is 24.5 Å². The van der Waals surface area contributed by atoms with E-state index in [0.29, 0.717) is 12.0 Å². The summed E-state index contributed by atoms with van der Waals surface area (Å²) in [5.74, 6) is -0.164. The van der Waals surface area contributed by atoms with E-state index in [9.17, 15) is 9.90 Å². The van der Waals surface area contributed by atoms with E-state index in [1.165, 1.54) is 0 Å². The molecule has 1 heterocycles. The average molecular weight is 347 g/mol. The molecule has 1 unspecified atom stereocenters. The molecule has 0 radical (unpaired) electrons. The summed E-state index contributed by atoms with van der Waals surface area (Å²) in [5, 5.41) is 15.5. The van der Waals surface area contributed by atoms with Gasteiger partial charge in [-0.25, -0.2) is 0 Å². The standard InChI is InChI=1S/C21H21N3O2/c25-15-12-20(16-4-2-1-3-5-16)24-21(26)17-6-8-18(9-7-17)23-19-10-13-22-14-11-19/h1-11,13-14,20,25H,12,15H2,(H,22,23)(H,24,26). The maximum Gasteiger partial charge on any atom is 0.251 e. The van der Waals surface area contributed by atoms with Gasteiger partial charge in [-0.05, 0) is 48.4 Å². The fraction of sp³-hybridized carbons (Fsp3) is 0.143. The number of rotatable bonds is 7. The van der Waals surface area contributed by atoms with Crippen LogP contribution in [0.2, 0.25) is 0 Å². The van der Waals surface area contributed by atoms with Crippen LogP contribution in [0.25, 0.3) is 0 Å². The van der Waals surface area contributed by atoms with Crippen LogP contribution in [0.3, 0.4) is 0 Å². The van der Waals surface area contributed by atoms with Crippen molar-refractivity contribution in [2.24, 2.45) is 0 Å². The van der Waals surface area contributed by atoms with Crippen LogP contribution in [0.15, 0.2) is 79.1 Å². The van der Waals surface area contributed by atoms with Gasteiger partial charge in [-0.3, -0.25) is 9.78 Å². The van der Waals surface area contributed by atoms with Crippen molar-refractivity contribution in [3.8, 4) is 0 Å². The highest BCUT2D eigenvalue weighted by Crippen LogP contribution is 2.19. The van der Waals surface area contributed by atoms with Crippen molar-refractivity contribution in [1.29, 1.82) is 0 Å². The number of amides is 1. The summed E-state index contributed by atoms with van der Waals surface area (Å²) in [6.45, 7) is 0.00856. The third kappa shape index (κ3) is 4.68. The molecule has 1 aromatic heterocycles. The van der Waals surface area contributed by atoms with Gasteiger partial charge in [0.15, 0.2) is 0 Å². The molecule has 0 saturated carbocycles. The quantitative estimate of drug-likeness (QED) is 0.609. The van der Waals surface area contributed by atoms with Crippen molar-refractivity contribution in [1.82, 2.24) is 10.3 Å². The maximum atomic E-state index is 12.6. The summed E-state index contributed by atoms with van der Waals surface area (Å²) in [6, 6.07) is 20.5. The Morgan fingerprint density at radius 1 is 0.923 bits per heavy atom. The van der Waals surface area contributed by atoms with Crippen molar-refractivity contribution in [3.05, 3.63) is 90.3 Å². The van der Waals surface area contributed by atoms with Gasteiger partial charge in [-0.1, -0.05) is 30.3 Å². The third-order valence-corrected chi connectivity index (χ3v) is 4.04.